The number of fused-ring (bicyclic) bond motifs is 1. The number of nitrogens with one attached hydrogen (secondary N) is 1. The van der Waals surface area contributed by atoms with Gasteiger partial charge in [-0.25, -0.2) is 4.79 Å². The molecule has 1 saturated carbocycles. The average molecular weight is 388 g/mol. The largest absolute Gasteiger partial charge is 0.478 e. The summed E-state index contributed by atoms with van der Waals surface area (Å²) in [5.74, 6) is -0.501. The highest BCUT2D eigenvalue weighted by Crippen LogP contribution is 2.45. The topological polar surface area (TPSA) is 75.2 Å². The number of rotatable bonds is 5. The number of aromatic amines is 1. The fraction of sp³-hybridized carbons (Fsp3) is 0.130. The Labute approximate surface area is 165 Å². The predicted molar refractivity (Wildman–Crippen MR) is 107 cm³/mol. The van der Waals surface area contributed by atoms with Gasteiger partial charge in [0.15, 0.2) is 0 Å². The highest BCUT2D eigenvalue weighted by Gasteiger charge is 2.26. The van der Waals surface area contributed by atoms with E-state index in [0.29, 0.717) is 17.2 Å². The second-order valence-corrected chi connectivity index (χ2v) is 7.22. The fourth-order valence-electron chi connectivity index (χ4n) is 3.66. The minimum atomic E-state index is -1.14. The van der Waals surface area contributed by atoms with Gasteiger partial charge in [0, 0.05) is 6.20 Å². The molecule has 29 heavy (non-hydrogen) atoms. The Hall–Kier alpha value is -3.67. The number of carboxylic acids is 1. The first kappa shape index (κ1) is 17.4. The van der Waals surface area contributed by atoms with E-state index in [2.05, 4.69) is 16.3 Å². The molecular weight excluding hydrogens is 371 g/mol. The molecule has 5 rings (SSSR count). The smallest absolute Gasteiger partial charge is 0.339 e. The van der Waals surface area contributed by atoms with Gasteiger partial charge in [0.05, 0.1) is 5.56 Å². The standard InChI is InChI=1S/C23H17FN2O3/c24-22-20(12-25-26-22)15-7-8-21(19(10-15)23(27)28)29-16-9-14-3-1-2-4-17(14)18(11-16)13-5-6-13/h1-4,7-13H,5-6H2,(H,25,26)(H,27,28). The summed E-state index contributed by atoms with van der Waals surface area (Å²) in [6, 6.07) is 16.6. The van der Waals surface area contributed by atoms with Crippen LogP contribution in [0.5, 0.6) is 11.5 Å². The Bertz CT molecular complexity index is 1240. The number of carbonyl (C=O) groups is 1. The summed E-state index contributed by atoms with van der Waals surface area (Å²) >= 11 is 0. The number of benzene rings is 3. The van der Waals surface area contributed by atoms with Crippen molar-refractivity contribution in [2.24, 2.45) is 0 Å². The molecule has 3 aromatic carbocycles. The number of carboxylic acid groups (broad SMARTS) is 1. The Morgan fingerprint density at radius 3 is 2.69 bits per heavy atom. The summed E-state index contributed by atoms with van der Waals surface area (Å²) in [7, 11) is 0. The zero-order valence-corrected chi connectivity index (χ0v) is 15.4. The quantitative estimate of drug-likeness (QED) is 0.457. The molecule has 0 aliphatic heterocycles. The van der Waals surface area contributed by atoms with E-state index in [-0.39, 0.29) is 16.9 Å². The molecule has 0 amide bonds. The second kappa shape index (κ2) is 6.74. The molecule has 2 N–H and O–H groups in total. The molecule has 0 unspecified atom stereocenters. The van der Waals surface area contributed by atoms with Crippen molar-refractivity contribution in [3.63, 3.8) is 0 Å². The fourth-order valence-corrected chi connectivity index (χ4v) is 3.66. The van der Waals surface area contributed by atoms with Crippen LogP contribution in [0.3, 0.4) is 0 Å². The van der Waals surface area contributed by atoms with E-state index in [9.17, 15) is 14.3 Å². The van der Waals surface area contributed by atoms with Gasteiger partial charge in [0.1, 0.15) is 17.1 Å². The van der Waals surface area contributed by atoms with Gasteiger partial charge < -0.3 is 9.84 Å². The van der Waals surface area contributed by atoms with Gasteiger partial charge in [-0.3, -0.25) is 5.10 Å². The molecule has 1 heterocycles. The SMILES string of the molecule is O=C(O)c1cc(-c2c[nH]nc2F)ccc1Oc1cc(C2CC2)c2ccccc2c1. The van der Waals surface area contributed by atoms with E-state index in [1.54, 1.807) is 12.1 Å². The Morgan fingerprint density at radius 2 is 1.97 bits per heavy atom. The first-order valence-corrected chi connectivity index (χ1v) is 9.37. The summed E-state index contributed by atoms with van der Waals surface area (Å²) in [4.78, 5) is 11.8. The van der Waals surface area contributed by atoms with Crippen LogP contribution in [0.2, 0.25) is 0 Å². The molecule has 1 aliphatic rings. The van der Waals surface area contributed by atoms with Crippen molar-refractivity contribution in [1.82, 2.24) is 10.2 Å². The molecule has 0 atom stereocenters. The van der Waals surface area contributed by atoms with Crippen LogP contribution in [-0.2, 0) is 0 Å². The minimum Gasteiger partial charge on any atom is -0.478 e. The number of nitrogens with zero attached hydrogens (tertiary/aromatic N) is 1. The lowest BCUT2D eigenvalue weighted by Gasteiger charge is -2.13. The van der Waals surface area contributed by atoms with Crippen molar-refractivity contribution >= 4 is 16.7 Å². The third kappa shape index (κ3) is 3.23. The lowest BCUT2D eigenvalue weighted by molar-refractivity contribution is 0.0694. The van der Waals surface area contributed by atoms with E-state index in [4.69, 9.17) is 4.74 Å². The van der Waals surface area contributed by atoms with Crippen LogP contribution in [0.1, 0.15) is 34.7 Å². The molecule has 0 radical (unpaired) electrons. The molecule has 0 bridgehead atoms. The summed E-state index contributed by atoms with van der Waals surface area (Å²) in [6.45, 7) is 0. The van der Waals surface area contributed by atoms with Gasteiger partial charge in [-0.2, -0.15) is 4.39 Å². The Balaban J connectivity index is 1.56. The summed E-state index contributed by atoms with van der Waals surface area (Å²) in [5, 5.41) is 17.8. The third-order valence-corrected chi connectivity index (χ3v) is 5.23. The number of aromatic nitrogens is 2. The van der Waals surface area contributed by atoms with Crippen molar-refractivity contribution in [2.75, 3.05) is 0 Å². The third-order valence-electron chi connectivity index (χ3n) is 5.23. The second-order valence-electron chi connectivity index (χ2n) is 7.22. The molecule has 0 spiro atoms. The maximum Gasteiger partial charge on any atom is 0.339 e. The van der Waals surface area contributed by atoms with Gasteiger partial charge in [-0.05, 0) is 64.9 Å². The highest BCUT2D eigenvalue weighted by atomic mass is 19.1. The number of hydrogen-bond donors (Lipinski definition) is 2. The van der Waals surface area contributed by atoms with Crippen LogP contribution in [-0.4, -0.2) is 21.3 Å². The summed E-state index contributed by atoms with van der Waals surface area (Å²) in [6.07, 6.45) is 3.69. The van der Waals surface area contributed by atoms with E-state index >= 15 is 0 Å². The number of hydrogen-bond acceptors (Lipinski definition) is 3. The lowest BCUT2D eigenvalue weighted by atomic mass is 10.0. The van der Waals surface area contributed by atoms with E-state index in [1.165, 1.54) is 23.2 Å². The normalized spacial score (nSPS) is 13.6. The molecule has 5 nitrogen and oxygen atoms in total. The van der Waals surface area contributed by atoms with Crippen molar-refractivity contribution in [2.45, 2.75) is 18.8 Å². The van der Waals surface area contributed by atoms with Gasteiger partial charge in [-0.15, -0.1) is 5.10 Å². The van der Waals surface area contributed by atoms with Gasteiger partial charge >= 0.3 is 5.97 Å². The van der Waals surface area contributed by atoms with Crippen LogP contribution in [0.25, 0.3) is 21.9 Å². The monoisotopic (exact) mass is 388 g/mol. The first-order valence-electron chi connectivity index (χ1n) is 9.37. The van der Waals surface area contributed by atoms with E-state index < -0.39 is 11.9 Å². The zero-order chi connectivity index (χ0) is 20.0. The first-order chi connectivity index (χ1) is 14.1. The number of ether oxygens (including phenoxy) is 1. The van der Waals surface area contributed by atoms with E-state index in [0.717, 1.165) is 18.2 Å². The highest BCUT2D eigenvalue weighted by molar-refractivity contribution is 5.93. The van der Waals surface area contributed by atoms with Crippen LogP contribution in [0.4, 0.5) is 4.39 Å². The number of aromatic carboxylic acids is 1. The van der Waals surface area contributed by atoms with E-state index in [1.807, 2.05) is 30.3 Å². The van der Waals surface area contributed by atoms with Gasteiger partial charge in [0.2, 0.25) is 5.95 Å². The van der Waals surface area contributed by atoms with Crippen molar-refractivity contribution in [3.8, 4) is 22.6 Å². The minimum absolute atomic E-state index is 0.0377. The average Bonchev–Trinajstić information content (AvgIpc) is 3.48. The van der Waals surface area contributed by atoms with Crippen LogP contribution < -0.4 is 4.74 Å². The maximum atomic E-state index is 13.8. The van der Waals surface area contributed by atoms with Gasteiger partial charge in [-0.1, -0.05) is 30.3 Å². The van der Waals surface area contributed by atoms with Gasteiger partial charge in [0.25, 0.3) is 0 Å². The maximum absolute atomic E-state index is 13.8. The Kier molecular flexibility index (Phi) is 4.05. The van der Waals surface area contributed by atoms with Crippen molar-refractivity contribution in [1.29, 1.82) is 0 Å². The van der Waals surface area contributed by atoms with Crippen LogP contribution in [0, 0.1) is 5.95 Å². The molecule has 6 heteroatoms. The van der Waals surface area contributed by atoms with Crippen molar-refractivity contribution < 1.29 is 19.0 Å². The Morgan fingerprint density at radius 1 is 1.14 bits per heavy atom. The van der Waals surface area contributed by atoms with Crippen LogP contribution >= 0.6 is 0 Å². The molecular formula is C23H17FN2O3. The summed E-state index contributed by atoms with van der Waals surface area (Å²) in [5.41, 5.74) is 1.82. The molecule has 0 saturated heterocycles. The van der Waals surface area contributed by atoms with Crippen molar-refractivity contribution in [3.05, 3.63) is 77.9 Å². The molecule has 1 aromatic heterocycles. The molecule has 144 valence electrons. The molecule has 4 aromatic rings. The molecule has 1 aliphatic carbocycles. The molecule has 1 fully saturated rings. The van der Waals surface area contributed by atoms with Crippen LogP contribution in [0.15, 0.2) is 60.8 Å². The zero-order valence-electron chi connectivity index (χ0n) is 15.4. The summed E-state index contributed by atoms with van der Waals surface area (Å²) < 4.78 is 19.8. The predicted octanol–water partition coefficient (Wildman–Crippen LogP) is 5.74. The number of halogens is 1. The lowest BCUT2D eigenvalue weighted by Crippen LogP contribution is -2.01. The number of H-pyrrole nitrogens is 1.